The lowest BCUT2D eigenvalue weighted by molar-refractivity contribution is 0.0602. The molecule has 1 unspecified atom stereocenters. The Kier molecular flexibility index (Phi) is 6.45. The molecule has 3 heteroatoms. The highest BCUT2D eigenvalue weighted by molar-refractivity contribution is 4.76. The van der Waals surface area contributed by atoms with E-state index in [1.165, 1.54) is 12.8 Å². The summed E-state index contributed by atoms with van der Waals surface area (Å²) in [5.74, 6) is 1.19. The monoisotopic (exact) mass is 242 g/mol. The molecule has 102 valence electrons. The fourth-order valence-corrected chi connectivity index (χ4v) is 2.25. The third-order valence-corrected chi connectivity index (χ3v) is 3.74. The minimum atomic E-state index is -0.166. The predicted octanol–water partition coefficient (Wildman–Crippen LogP) is 1.71. The summed E-state index contributed by atoms with van der Waals surface area (Å²) in [5.41, 5.74) is 0. The van der Waals surface area contributed by atoms with Crippen LogP contribution in [0.3, 0.4) is 0 Å². The van der Waals surface area contributed by atoms with Gasteiger partial charge in [-0.05, 0) is 44.3 Å². The van der Waals surface area contributed by atoms with Gasteiger partial charge < -0.3 is 15.3 Å². The third kappa shape index (κ3) is 5.84. The molecule has 1 atom stereocenters. The van der Waals surface area contributed by atoms with Crippen molar-refractivity contribution in [2.75, 3.05) is 26.2 Å². The van der Waals surface area contributed by atoms with Gasteiger partial charge in [-0.25, -0.2) is 0 Å². The van der Waals surface area contributed by atoms with Crippen LogP contribution < -0.4 is 5.32 Å². The molecule has 2 N–H and O–H groups in total. The summed E-state index contributed by atoms with van der Waals surface area (Å²) in [7, 11) is 0. The summed E-state index contributed by atoms with van der Waals surface area (Å²) in [5, 5.41) is 13.4. The quantitative estimate of drug-likeness (QED) is 0.744. The number of hydrogen-bond donors (Lipinski definition) is 2. The zero-order chi connectivity index (χ0) is 12.8. The maximum Gasteiger partial charge on any atom is 0.0689 e. The minimum absolute atomic E-state index is 0.166. The smallest absolute Gasteiger partial charge is 0.0689 e. The van der Waals surface area contributed by atoms with Crippen LogP contribution in [-0.2, 0) is 0 Å². The first-order valence-corrected chi connectivity index (χ1v) is 7.12. The van der Waals surface area contributed by atoms with E-state index < -0.39 is 0 Å². The molecular weight excluding hydrogens is 212 g/mol. The average molecular weight is 242 g/mol. The lowest BCUT2D eigenvalue weighted by atomic mass is 9.95. The molecule has 0 aromatic carbocycles. The Morgan fingerprint density at radius 1 is 1.18 bits per heavy atom. The molecule has 0 bridgehead atoms. The Hall–Kier alpha value is -0.120. The zero-order valence-electron chi connectivity index (χ0n) is 11.9. The van der Waals surface area contributed by atoms with E-state index in [0.29, 0.717) is 12.0 Å². The molecule has 3 nitrogen and oxygen atoms in total. The molecule has 1 fully saturated rings. The lowest BCUT2D eigenvalue weighted by Crippen LogP contribution is -2.42. The molecule has 0 aromatic heterocycles. The number of likely N-dealkylation sites (tertiary alicyclic amines) is 1. The van der Waals surface area contributed by atoms with E-state index in [4.69, 9.17) is 0 Å². The molecule has 1 aliphatic rings. The number of piperidine rings is 1. The van der Waals surface area contributed by atoms with Crippen molar-refractivity contribution in [3.05, 3.63) is 0 Å². The van der Waals surface area contributed by atoms with E-state index in [9.17, 15) is 5.11 Å². The zero-order valence-corrected chi connectivity index (χ0v) is 11.9. The molecule has 0 spiro atoms. The van der Waals surface area contributed by atoms with Crippen LogP contribution in [0.25, 0.3) is 0 Å². The van der Waals surface area contributed by atoms with Crippen LogP contribution in [0, 0.1) is 11.8 Å². The summed E-state index contributed by atoms with van der Waals surface area (Å²) in [6.45, 7) is 12.9. The fourth-order valence-electron chi connectivity index (χ4n) is 2.25. The van der Waals surface area contributed by atoms with Crippen LogP contribution in [0.4, 0.5) is 0 Å². The topological polar surface area (TPSA) is 35.5 Å². The first-order chi connectivity index (χ1) is 7.99. The molecule has 0 amide bonds. The molecule has 1 rings (SSSR count). The second-order valence-corrected chi connectivity index (χ2v) is 6.12. The Labute approximate surface area is 107 Å². The summed E-state index contributed by atoms with van der Waals surface area (Å²) >= 11 is 0. The lowest BCUT2D eigenvalue weighted by Gasteiger charge is -2.34. The summed E-state index contributed by atoms with van der Waals surface area (Å²) in [4.78, 5) is 2.41. The van der Waals surface area contributed by atoms with Crippen molar-refractivity contribution >= 4 is 0 Å². The summed E-state index contributed by atoms with van der Waals surface area (Å²) in [6, 6.07) is 0.593. The standard InChI is InChI=1S/C14H30N2O/c1-11(2)14(17)10-16-7-5-13(6-8-16)9-15-12(3)4/h11-15,17H,5-10H2,1-4H3. The molecule has 1 aliphatic heterocycles. The second-order valence-electron chi connectivity index (χ2n) is 6.12. The summed E-state index contributed by atoms with van der Waals surface area (Å²) < 4.78 is 0. The first kappa shape index (κ1) is 14.9. The average Bonchev–Trinajstić information content (AvgIpc) is 2.28. The van der Waals surface area contributed by atoms with Crippen LogP contribution in [-0.4, -0.2) is 48.3 Å². The van der Waals surface area contributed by atoms with E-state index in [1.54, 1.807) is 0 Å². The van der Waals surface area contributed by atoms with Gasteiger partial charge in [0.05, 0.1) is 6.10 Å². The molecule has 17 heavy (non-hydrogen) atoms. The number of aliphatic hydroxyl groups excluding tert-OH is 1. The Bertz CT molecular complexity index is 198. The normalized spacial score (nSPS) is 21.4. The van der Waals surface area contributed by atoms with Gasteiger partial charge in [0.15, 0.2) is 0 Å². The van der Waals surface area contributed by atoms with Gasteiger partial charge in [0.1, 0.15) is 0 Å². The number of aliphatic hydroxyl groups is 1. The van der Waals surface area contributed by atoms with Gasteiger partial charge in [-0.15, -0.1) is 0 Å². The van der Waals surface area contributed by atoms with Crippen LogP contribution in [0.1, 0.15) is 40.5 Å². The predicted molar refractivity (Wildman–Crippen MR) is 73.1 cm³/mol. The van der Waals surface area contributed by atoms with E-state index in [0.717, 1.165) is 32.1 Å². The first-order valence-electron chi connectivity index (χ1n) is 7.12. The number of β-amino-alcohol motifs (C(OH)–C–C–N with tert-alkyl or cyclic N) is 1. The van der Waals surface area contributed by atoms with Crippen molar-refractivity contribution in [1.29, 1.82) is 0 Å². The second kappa shape index (κ2) is 7.34. The van der Waals surface area contributed by atoms with Crippen LogP contribution in [0.2, 0.25) is 0 Å². The highest BCUT2D eigenvalue weighted by Crippen LogP contribution is 2.17. The molecule has 1 saturated heterocycles. The number of nitrogens with zero attached hydrogens (tertiary/aromatic N) is 1. The molecule has 0 saturated carbocycles. The van der Waals surface area contributed by atoms with Crippen LogP contribution >= 0.6 is 0 Å². The van der Waals surface area contributed by atoms with E-state index >= 15 is 0 Å². The van der Waals surface area contributed by atoms with Crippen molar-refractivity contribution in [3.8, 4) is 0 Å². The molecule has 0 radical (unpaired) electrons. The van der Waals surface area contributed by atoms with Gasteiger partial charge in [0.25, 0.3) is 0 Å². The van der Waals surface area contributed by atoms with Crippen molar-refractivity contribution in [2.45, 2.75) is 52.7 Å². The van der Waals surface area contributed by atoms with Gasteiger partial charge in [0.2, 0.25) is 0 Å². The molecular formula is C14H30N2O. The van der Waals surface area contributed by atoms with Crippen molar-refractivity contribution in [3.63, 3.8) is 0 Å². The molecule has 0 aromatic rings. The molecule has 0 aliphatic carbocycles. The van der Waals surface area contributed by atoms with Crippen LogP contribution in [0.5, 0.6) is 0 Å². The highest BCUT2D eigenvalue weighted by Gasteiger charge is 2.21. The van der Waals surface area contributed by atoms with Gasteiger partial charge in [-0.3, -0.25) is 0 Å². The maximum atomic E-state index is 9.87. The van der Waals surface area contributed by atoms with E-state index in [2.05, 4.69) is 37.9 Å². The van der Waals surface area contributed by atoms with E-state index in [1.807, 2.05) is 0 Å². The van der Waals surface area contributed by atoms with Crippen molar-refractivity contribution < 1.29 is 5.11 Å². The number of hydrogen-bond acceptors (Lipinski definition) is 3. The van der Waals surface area contributed by atoms with Gasteiger partial charge in [-0.2, -0.15) is 0 Å². The maximum absolute atomic E-state index is 9.87. The van der Waals surface area contributed by atoms with Crippen molar-refractivity contribution in [2.24, 2.45) is 11.8 Å². The SMILES string of the molecule is CC(C)NCC1CCN(CC(O)C(C)C)CC1. The third-order valence-electron chi connectivity index (χ3n) is 3.74. The van der Waals surface area contributed by atoms with E-state index in [-0.39, 0.29) is 6.10 Å². The fraction of sp³-hybridized carbons (Fsp3) is 1.00. The Morgan fingerprint density at radius 2 is 1.76 bits per heavy atom. The van der Waals surface area contributed by atoms with Gasteiger partial charge in [0, 0.05) is 12.6 Å². The van der Waals surface area contributed by atoms with Crippen molar-refractivity contribution in [1.82, 2.24) is 10.2 Å². The minimum Gasteiger partial charge on any atom is -0.392 e. The van der Waals surface area contributed by atoms with Gasteiger partial charge in [-0.1, -0.05) is 27.7 Å². The van der Waals surface area contributed by atoms with Gasteiger partial charge >= 0.3 is 0 Å². The number of nitrogens with one attached hydrogen (secondary N) is 1. The highest BCUT2D eigenvalue weighted by atomic mass is 16.3. The molecule has 1 heterocycles. The Balaban J connectivity index is 2.17. The summed E-state index contributed by atoms with van der Waals surface area (Å²) in [6.07, 6.45) is 2.37. The van der Waals surface area contributed by atoms with Crippen LogP contribution in [0.15, 0.2) is 0 Å². The largest absolute Gasteiger partial charge is 0.392 e. The number of rotatable bonds is 6. The Morgan fingerprint density at radius 3 is 2.24 bits per heavy atom.